The first kappa shape index (κ1) is 13.8. The van der Waals surface area contributed by atoms with Crippen molar-refractivity contribution in [2.45, 2.75) is 37.6 Å². The van der Waals surface area contributed by atoms with Crippen LogP contribution >= 0.6 is 11.6 Å². The second kappa shape index (κ2) is 5.13. The van der Waals surface area contributed by atoms with E-state index in [1.165, 1.54) is 24.0 Å². The van der Waals surface area contributed by atoms with E-state index in [0.717, 1.165) is 35.9 Å². The van der Waals surface area contributed by atoms with Gasteiger partial charge in [0.1, 0.15) is 12.2 Å². The summed E-state index contributed by atoms with van der Waals surface area (Å²) in [4.78, 5) is 0. The summed E-state index contributed by atoms with van der Waals surface area (Å²) < 4.78 is 2.22. The fourth-order valence-corrected chi connectivity index (χ4v) is 4.40. The third-order valence-corrected chi connectivity index (χ3v) is 5.56. The maximum Gasteiger partial charge on any atom is 0.258 e. The molecule has 2 nitrogen and oxygen atoms in total. The number of nitrogens with two attached hydrogens (primary N) is 1. The second-order valence-electron chi connectivity index (χ2n) is 6.37. The van der Waals surface area contributed by atoms with Gasteiger partial charge in [-0.25, -0.2) is 4.58 Å². The number of nitrogens with zero attached hydrogens (tertiary/aromatic N) is 1. The van der Waals surface area contributed by atoms with Gasteiger partial charge >= 0.3 is 0 Å². The van der Waals surface area contributed by atoms with E-state index >= 15 is 0 Å². The molecular formula is C19H20ClN2+. The molecule has 2 aliphatic rings. The van der Waals surface area contributed by atoms with Crippen molar-refractivity contribution in [3.63, 3.8) is 0 Å². The van der Waals surface area contributed by atoms with Crippen LogP contribution in [0.5, 0.6) is 0 Å². The van der Waals surface area contributed by atoms with Gasteiger partial charge in [-0.3, -0.25) is 5.73 Å². The number of hydrogen-bond acceptors (Lipinski definition) is 1. The smallest absolute Gasteiger partial charge is 0.258 e. The predicted molar refractivity (Wildman–Crippen MR) is 90.9 cm³/mol. The van der Waals surface area contributed by atoms with Crippen LogP contribution in [0.25, 0.3) is 0 Å². The molecule has 1 aliphatic carbocycles. The van der Waals surface area contributed by atoms with Crippen LogP contribution in [0.1, 0.15) is 36.8 Å². The van der Waals surface area contributed by atoms with E-state index in [1.54, 1.807) is 0 Å². The average Bonchev–Trinajstić information content (AvgIpc) is 3.03. The molecule has 2 aromatic carbocycles. The maximum atomic E-state index is 6.72. The topological polar surface area (TPSA) is 29.0 Å². The molecule has 1 aliphatic heterocycles. The lowest BCUT2D eigenvalue weighted by Crippen LogP contribution is -2.48. The number of rotatable bonds is 1. The van der Waals surface area contributed by atoms with Crippen molar-refractivity contribution >= 4 is 23.1 Å². The molecule has 1 spiro atoms. The first-order valence-electron chi connectivity index (χ1n) is 7.96. The van der Waals surface area contributed by atoms with E-state index in [0.29, 0.717) is 0 Å². The zero-order valence-electron chi connectivity index (χ0n) is 12.6. The molecule has 4 rings (SSSR count). The zero-order valence-corrected chi connectivity index (χ0v) is 13.3. The van der Waals surface area contributed by atoms with Crippen molar-refractivity contribution in [2.75, 3.05) is 0 Å². The van der Waals surface area contributed by atoms with Crippen LogP contribution in [-0.4, -0.2) is 10.4 Å². The van der Waals surface area contributed by atoms with Gasteiger partial charge in [0.2, 0.25) is 0 Å². The summed E-state index contributed by atoms with van der Waals surface area (Å²) in [5.41, 5.74) is 10.5. The van der Waals surface area contributed by atoms with Gasteiger partial charge in [0, 0.05) is 0 Å². The molecule has 2 aromatic rings. The second-order valence-corrected chi connectivity index (χ2v) is 6.78. The number of benzene rings is 2. The molecule has 0 bridgehead atoms. The highest BCUT2D eigenvalue weighted by molar-refractivity contribution is 6.32. The number of amidine groups is 1. The molecule has 112 valence electrons. The van der Waals surface area contributed by atoms with Crippen LogP contribution in [0.2, 0.25) is 5.02 Å². The Hall–Kier alpha value is -1.80. The standard InChI is InChI=1S/C19H19ClN2/c20-16-9-3-4-10-17(16)22-13-14-7-1-2-8-15(14)19(18(22)21)11-5-6-12-19/h1-4,7-10,21H,5-6,11-13H2/p+1. The summed E-state index contributed by atoms with van der Waals surface area (Å²) in [6.07, 6.45) is 4.75. The summed E-state index contributed by atoms with van der Waals surface area (Å²) in [5.74, 6) is 0.969. The minimum absolute atomic E-state index is 0.00594. The molecule has 2 N–H and O–H groups in total. The van der Waals surface area contributed by atoms with Gasteiger partial charge in [-0.05, 0) is 36.1 Å². The summed E-state index contributed by atoms with van der Waals surface area (Å²) in [5, 5.41) is 0.762. The lowest BCUT2D eigenvalue weighted by Gasteiger charge is -2.34. The molecule has 1 saturated carbocycles. The van der Waals surface area contributed by atoms with Crippen molar-refractivity contribution in [1.29, 1.82) is 0 Å². The Morgan fingerprint density at radius 2 is 1.64 bits per heavy atom. The molecule has 1 fully saturated rings. The van der Waals surface area contributed by atoms with E-state index in [9.17, 15) is 0 Å². The Kier molecular flexibility index (Phi) is 3.23. The first-order chi connectivity index (χ1) is 10.7. The van der Waals surface area contributed by atoms with Crippen LogP contribution in [0.3, 0.4) is 0 Å². The Labute approximate surface area is 136 Å². The zero-order chi connectivity index (χ0) is 15.2. The lowest BCUT2D eigenvalue weighted by molar-refractivity contribution is -0.465. The minimum Gasteiger partial charge on any atom is -0.290 e. The Morgan fingerprint density at radius 3 is 2.41 bits per heavy atom. The van der Waals surface area contributed by atoms with Crippen molar-refractivity contribution in [2.24, 2.45) is 5.73 Å². The molecule has 0 saturated heterocycles. The minimum atomic E-state index is -0.00594. The summed E-state index contributed by atoms with van der Waals surface area (Å²) >= 11 is 6.43. The molecule has 1 heterocycles. The highest BCUT2D eigenvalue weighted by Crippen LogP contribution is 2.46. The van der Waals surface area contributed by atoms with Crippen molar-refractivity contribution in [3.8, 4) is 0 Å². The van der Waals surface area contributed by atoms with Crippen LogP contribution in [0.15, 0.2) is 48.5 Å². The third-order valence-electron chi connectivity index (χ3n) is 5.24. The fraction of sp³-hybridized carbons (Fsp3) is 0.316. The van der Waals surface area contributed by atoms with Gasteiger partial charge in [0.15, 0.2) is 0 Å². The quantitative estimate of drug-likeness (QED) is 0.779. The Morgan fingerprint density at radius 1 is 0.955 bits per heavy atom. The number of hydrogen-bond donors (Lipinski definition) is 1. The maximum absolute atomic E-state index is 6.72. The van der Waals surface area contributed by atoms with E-state index in [-0.39, 0.29) is 5.41 Å². The van der Waals surface area contributed by atoms with Gasteiger partial charge in [0.05, 0.1) is 10.4 Å². The third kappa shape index (κ3) is 1.90. The summed E-state index contributed by atoms with van der Waals surface area (Å²) in [6, 6.07) is 16.7. The number of halogens is 1. The fourth-order valence-electron chi connectivity index (χ4n) is 4.17. The van der Waals surface area contributed by atoms with Crippen LogP contribution in [0, 0.1) is 0 Å². The van der Waals surface area contributed by atoms with Gasteiger partial charge < -0.3 is 0 Å². The van der Waals surface area contributed by atoms with Gasteiger partial charge in [-0.2, -0.15) is 0 Å². The highest BCUT2D eigenvalue weighted by atomic mass is 35.5. The molecule has 22 heavy (non-hydrogen) atoms. The predicted octanol–water partition coefficient (Wildman–Crippen LogP) is 4.37. The van der Waals surface area contributed by atoms with Crippen LogP contribution in [-0.2, 0) is 12.0 Å². The van der Waals surface area contributed by atoms with E-state index in [2.05, 4.69) is 34.9 Å². The van der Waals surface area contributed by atoms with Crippen molar-refractivity contribution in [1.82, 2.24) is 0 Å². The molecule has 0 amide bonds. The molecular weight excluding hydrogens is 292 g/mol. The van der Waals surface area contributed by atoms with E-state index < -0.39 is 0 Å². The normalized spacial score (nSPS) is 19.5. The summed E-state index contributed by atoms with van der Waals surface area (Å²) in [7, 11) is 0. The van der Waals surface area contributed by atoms with Gasteiger partial charge in [-0.15, -0.1) is 0 Å². The first-order valence-corrected chi connectivity index (χ1v) is 8.33. The highest BCUT2D eigenvalue weighted by Gasteiger charge is 2.48. The van der Waals surface area contributed by atoms with Gasteiger partial charge in [0.25, 0.3) is 5.84 Å². The van der Waals surface area contributed by atoms with Crippen LogP contribution in [0.4, 0.5) is 5.69 Å². The van der Waals surface area contributed by atoms with E-state index in [1.807, 2.05) is 18.2 Å². The summed E-state index contributed by atoms with van der Waals surface area (Å²) in [6.45, 7) is 0.799. The van der Waals surface area contributed by atoms with Gasteiger partial charge in [-0.1, -0.05) is 60.8 Å². The lowest BCUT2D eigenvalue weighted by atomic mass is 9.73. The number of para-hydroxylation sites is 1. The average molecular weight is 312 g/mol. The molecule has 0 atom stereocenters. The monoisotopic (exact) mass is 311 g/mol. The molecule has 0 radical (unpaired) electrons. The van der Waals surface area contributed by atoms with Crippen molar-refractivity contribution < 1.29 is 4.58 Å². The molecule has 3 heteroatoms. The molecule has 0 aromatic heterocycles. The van der Waals surface area contributed by atoms with E-state index in [4.69, 9.17) is 17.3 Å². The Balaban J connectivity index is 1.95. The molecule has 0 unspecified atom stereocenters. The largest absolute Gasteiger partial charge is 0.290 e. The van der Waals surface area contributed by atoms with Crippen molar-refractivity contribution in [3.05, 3.63) is 64.7 Å². The number of fused-ring (bicyclic) bond motifs is 2. The van der Waals surface area contributed by atoms with Crippen LogP contribution < -0.4 is 5.73 Å². The SMILES string of the molecule is NC1=[N+](c2ccccc2Cl)Cc2ccccc2C12CCCC2. The Bertz CT molecular complexity index is 758.